The summed E-state index contributed by atoms with van der Waals surface area (Å²) in [6.45, 7) is 9.21. The molecule has 0 radical (unpaired) electrons. The summed E-state index contributed by atoms with van der Waals surface area (Å²) in [5.41, 5.74) is -0.0630. The molecule has 10 heteroatoms. The smallest absolute Gasteiger partial charge is 0.399 e. The van der Waals surface area contributed by atoms with Gasteiger partial charge in [0.2, 0.25) is 5.95 Å². The zero-order valence-corrected chi connectivity index (χ0v) is 17.6. The predicted molar refractivity (Wildman–Crippen MR) is 109 cm³/mol. The number of carbonyl (C=O) groups excluding carboxylic acids is 1. The fourth-order valence-corrected chi connectivity index (χ4v) is 3.49. The van der Waals surface area contributed by atoms with E-state index in [4.69, 9.17) is 14.4 Å². The van der Waals surface area contributed by atoms with Crippen molar-refractivity contribution < 1.29 is 24.3 Å². The highest BCUT2D eigenvalue weighted by Gasteiger charge is 2.51. The molecule has 160 valence electrons. The van der Waals surface area contributed by atoms with E-state index in [1.54, 1.807) is 17.3 Å². The Morgan fingerprint density at radius 1 is 1.31 bits per heavy atom. The molecule has 0 aliphatic carbocycles. The van der Waals surface area contributed by atoms with E-state index in [2.05, 4.69) is 15.3 Å². The van der Waals surface area contributed by atoms with Crippen molar-refractivity contribution in [1.29, 1.82) is 0 Å². The summed E-state index contributed by atoms with van der Waals surface area (Å²) >= 11 is 0. The highest BCUT2D eigenvalue weighted by molar-refractivity contribution is 6.61. The zero-order valence-electron chi connectivity index (χ0n) is 17.6. The predicted octanol–water partition coefficient (Wildman–Crippen LogP) is -0.220. The third-order valence-corrected chi connectivity index (χ3v) is 6.03. The van der Waals surface area contributed by atoms with Gasteiger partial charge in [-0.3, -0.25) is 4.79 Å². The van der Waals surface area contributed by atoms with Crippen LogP contribution < -0.4 is 10.8 Å². The van der Waals surface area contributed by atoms with Crippen molar-refractivity contribution in [3.63, 3.8) is 0 Å². The highest BCUT2D eigenvalue weighted by Crippen LogP contribution is 2.36. The molecule has 1 amide bonds. The van der Waals surface area contributed by atoms with Crippen LogP contribution in [0.3, 0.4) is 0 Å². The van der Waals surface area contributed by atoms with Crippen LogP contribution in [0.15, 0.2) is 12.4 Å². The number of hydrogen-bond donors (Lipinski definition) is 3. The number of aliphatic hydroxyl groups excluding tert-OH is 2. The third-order valence-electron chi connectivity index (χ3n) is 6.03. The average molecular weight is 406 g/mol. The van der Waals surface area contributed by atoms with Crippen molar-refractivity contribution in [2.45, 2.75) is 57.8 Å². The van der Waals surface area contributed by atoms with Gasteiger partial charge in [-0.2, -0.15) is 0 Å². The molecule has 0 bridgehead atoms. The number of rotatable bonds is 6. The van der Waals surface area contributed by atoms with Crippen LogP contribution in [0.5, 0.6) is 0 Å². The normalized spacial score (nSPS) is 24.4. The van der Waals surface area contributed by atoms with Crippen molar-refractivity contribution in [2.75, 3.05) is 31.6 Å². The number of nitrogens with one attached hydrogen (secondary N) is 1. The van der Waals surface area contributed by atoms with E-state index in [0.717, 1.165) is 18.3 Å². The van der Waals surface area contributed by atoms with Gasteiger partial charge >= 0.3 is 7.12 Å². The summed E-state index contributed by atoms with van der Waals surface area (Å²) in [5, 5.41) is 21.7. The minimum atomic E-state index is -1.34. The van der Waals surface area contributed by atoms with E-state index in [-0.39, 0.29) is 5.92 Å². The van der Waals surface area contributed by atoms with Gasteiger partial charge in [-0.05, 0) is 46.5 Å². The SMILES string of the molecule is CC1(C)OB(c2cnc(NC[C@@H]3CCCN(C(=O)[C@H](O)CO)C3)nc2)OC1(C)C. The van der Waals surface area contributed by atoms with Crippen molar-refractivity contribution in [2.24, 2.45) is 5.92 Å². The first kappa shape index (κ1) is 22.0. The molecule has 2 fully saturated rings. The molecule has 1 aromatic heterocycles. The Bertz CT molecular complexity index is 699. The largest absolute Gasteiger partial charge is 0.498 e. The van der Waals surface area contributed by atoms with Gasteiger partial charge in [0.1, 0.15) is 0 Å². The van der Waals surface area contributed by atoms with Crippen LogP contribution in [0, 0.1) is 5.92 Å². The second-order valence-electron chi connectivity index (χ2n) is 8.80. The third kappa shape index (κ3) is 4.88. The molecule has 0 spiro atoms. The quantitative estimate of drug-likeness (QED) is 0.556. The number of aromatic nitrogens is 2. The maximum Gasteiger partial charge on any atom is 0.498 e. The van der Waals surface area contributed by atoms with Gasteiger partial charge in [-0.25, -0.2) is 9.97 Å². The van der Waals surface area contributed by atoms with Crippen molar-refractivity contribution in [3.8, 4) is 0 Å². The van der Waals surface area contributed by atoms with Gasteiger partial charge in [0.05, 0.1) is 17.8 Å². The summed E-state index contributed by atoms with van der Waals surface area (Å²) in [7, 11) is -0.495. The fourth-order valence-electron chi connectivity index (χ4n) is 3.49. The van der Waals surface area contributed by atoms with Crippen LogP contribution in [0.4, 0.5) is 5.95 Å². The summed E-state index contributed by atoms with van der Waals surface area (Å²) in [6.07, 6.45) is 3.89. The van der Waals surface area contributed by atoms with Gasteiger partial charge in [-0.15, -0.1) is 0 Å². The molecule has 0 aromatic carbocycles. The van der Waals surface area contributed by atoms with Crippen molar-refractivity contribution in [3.05, 3.63) is 12.4 Å². The summed E-state index contributed by atoms with van der Waals surface area (Å²) in [5.74, 6) is 0.314. The monoisotopic (exact) mass is 406 g/mol. The number of amides is 1. The van der Waals surface area contributed by atoms with E-state index in [0.29, 0.717) is 25.6 Å². The first-order valence-corrected chi connectivity index (χ1v) is 10.1. The zero-order chi connectivity index (χ0) is 21.2. The molecule has 2 saturated heterocycles. The lowest BCUT2D eigenvalue weighted by molar-refractivity contribution is -0.143. The lowest BCUT2D eigenvalue weighted by Crippen LogP contribution is -2.47. The molecule has 9 nitrogen and oxygen atoms in total. The lowest BCUT2D eigenvalue weighted by atomic mass is 9.81. The van der Waals surface area contributed by atoms with Crippen molar-refractivity contribution in [1.82, 2.24) is 14.9 Å². The molecule has 1 aromatic rings. The molecule has 3 rings (SSSR count). The van der Waals surface area contributed by atoms with Gasteiger partial charge < -0.3 is 29.7 Å². The average Bonchev–Trinajstić information content (AvgIpc) is 2.93. The van der Waals surface area contributed by atoms with E-state index < -0.39 is 36.9 Å². The van der Waals surface area contributed by atoms with Crippen molar-refractivity contribution >= 4 is 24.4 Å². The topological polar surface area (TPSA) is 117 Å². The first-order chi connectivity index (χ1) is 13.6. The summed E-state index contributed by atoms with van der Waals surface area (Å²) < 4.78 is 12.0. The number of likely N-dealkylation sites (tertiary alicyclic amines) is 1. The first-order valence-electron chi connectivity index (χ1n) is 10.1. The Hall–Kier alpha value is -1.75. The maximum absolute atomic E-state index is 12.1. The highest BCUT2D eigenvalue weighted by atomic mass is 16.7. The molecule has 29 heavy (non-hydrogen) atoms. The molecule has 0 unspecified atom stereocenters. The van der Waals surface area contributed by atoms with Gasteiger partial charge in [0.15, 0.2) is 6.10 Å². The van der Waals surface area contributed by atoms with Crippen LogP contribution in [-0.2, 0) is 14.1 Å². The lowest BCUT2D eigenvalue weighted by Gasteiger charge is -2.33. The van der Waals surface area contributed by atoms with Crippen LogP contribution in [0.25, 0.3) is 0 Å². The fraction of sp³-hybridized carbons (Fsp3) is 0.737. The Balaban J connectivity index is 1.52. The second kappa shape index (κ2) is 8.55. The summed E-state index contributed by atoms with van der Waals surface area (Å²) in [6, 6.07) is 0. The number of aliphatic hydroxyl groups is 2. The van der Waals surface area contributed by atoms with Gasteiger partial charge in [0.25, 0.3) is 5.91 Å². The van der Waals surface area contributed by atoms with Gasteiger partial charge in [-0.1, -0.05) is 0 Å². The minimum Gasteiger partial charge on any atom is -0.399 e. The molecule has 3 heterocycles. The molecule has 3 N–H and O–H groups in total. The Kier molecular flexibility index (Phi) is 6.47. The molecular formula is C19H31BN4O5. The minimum absolute atomic E-state index is 0.227. The van der Waals surface area contributed by atoms with Crippen LogP contribution >= 0.6 is 0 Å². The van der Waals surface area contributed by atoms with E-state index >= 15 is 0 Å². The number of anilines is 1. The Morgan fingerprint density at radius 3 is 2.52 bits per heavy atom. The van der Waals surface area contributed by atoms with E-state index in [9.17, 15) is 9.90 Å². The maximum atomic E-state index is 12.1. The molecule has 2 aliphatic rings. The standard InChI is InChI=1S/C19H31BN4O5/c1-18(2)19(3,4)29-20(28-18)14-9-22-17(23-10-14)21-8-13-6-5-7-24(11-13)16(27)15(26)12-25/h9-10,13,15,25-26H,5-8,11-12H2,1-4H3,(H,21,22,23)/t13-,15+/m0/s1. The Labute approximate surface area is 172 Å². The molecule has 2 atom stereocenters. The molecule has 2 aliphatic heterocycles. The number of nitrogens with zero attached hydrogens (tertiary/aromatic N) is 3. The Morgan fingerprint density at radius 2 is 1.93 bits per heavy atom. The number of piperidine rings is 1. The number of carbonyl (C=O) groups is 1. The van der Waals surface area contributed by atoms with E-state index in [1.807, 2.05) is 27.7 Å². The molecular weight excluding hydrogens is 375 g/mol. The van der Waals surface area contributed by atoms with Crippen LogP contribution in [0.2, 0.25) is 0 Å². The van der Waals surface area contributed by atoms with Gasteiger partial charge in [0, 0.05) is 37.5 Å². The number of hydrogen-bond acceptors (Lipinski definition) is 8. The van der Waals surface area contributed by atoms with E-state index in [1.165, 1.54) is 0 Å². The molecule has 0 saturated carbocycles. The van der Waals surface area contributed by atoms with Crippen LogP contribution in [-0.4, -0.2) is 81.7 Å². The second-order valence-corrected chi connectivity index (χ2v) is 8.80. The van der Waals surface area contributed by atoms with Crippen LogP contribution in [0.1, 0.15) is 40.5 Å². The summed E-state index contributed by atoms with van der Waals surface area (Å²) in [4.78, 5) is 22.4.